The van der Waals surface area contributed by atoms with E-state index in [4.69, 9.17) is 0 Å². The van der Waals surface area contributed by atoms with Crippen LogP contribution in [0.5, 0.6) is 0 Å². The zero-order chi connectivity index (χ0) is 18.7. The van der Waals surface area contributed by atoms with Crippen LogP contribution in [-0.2, 0) is 11.0 Å². The molecule has 1 aliphatic carbocycles. The third kappa shape index (κ3) is 4.57. The van der Waals surface area contributed by atoms with Crippen molar-refractivity contribution in [3.05, 3.63) is 35.7 Å². The van der Waals surface area contributed by atoms with Crippen molar-refractivity contribution in [1.29, 1.82) is 0 Å². The van der Waals surface area contributed by atoms with Gasteiger partial charge in [0, 0.05) is 11.6 Å². The molecule has 140 valence electrons. The Morgan fingerprint density at radius 1 is 1.35 bits per heavy atom. The second-order valence-electron chi connectivity index (χ2n) is 6.31. The van der Waals surface area contributed by atoms with Gasteiger partial charge in [0.1, 0.15) is 5.82 Å². The number of aromatic nitrogens is 3. The molecule has 0 spiro atoms. The predicted molar refractivity (Wildman–Crippen MR) is 93.0 cm³/mol. The van der Waals surface area contributed by atoms with Gasteiger partial charge in [-0.2, -0.15) is 13.2 Å². The molecule has 0 radical (unpaired) electrons. The highest BCUT2D eigenvalue weighted by molar-refractivity contribution is 8.00. The first-order valence-electron chi connectivity index (χ1n) is 8.40. The minimum atomic E-state index is -4.45. The number of anilines is 1. The molecule has 1 heterocycles. The quantitative estimate of drug-likeness (QED) is 0.739. The third-order valence-electron chi connectivity index (χ3n) is 4.33. The number of H-pyrrole nitrogens is 1. The van der Waals surface area contributed by atoms with E-state index in [0.717, 1.165) is 30.8 Å². The molecule has 9 heteroatoms. The van der Waals surface area contributed by atoms with E-state index in [9.17, 15) is 18.0 Å². The zero-order valence-corrected chi connectivity index (χ0v) is 15.0. The van der Waals surface area contributed by atoms with Gasteiger partial charge < -0.3 is 5.32 Å². The molecule has 2 N–H and O–H groups in total. The number of hydrogen-bond donors (Lipinski definition) is 2. The smallest absolute Gasteiger partial charge is 0.325 e. The van der Waals surface area contributed by atoms with Crippen LogP contribution in [0.3, 0.4) is 0 Å². The molecule has 5 nitrogen and oxygen atoms in total. The van der Waals surface area contributed by atoms with Crippen molar-refractivity contribution in [2.24, 2.45) is 0 Å². The Bertz CT molecular complexity index is 771. The first-order chi connectivity index (χ1) is 12.3. The molecule has 1 aromatic carbocycles. The Balaban J connectivity index is 1.60. The van der Waals surface area contributed by atoms with Crippen LogP contribution in [0.4, 0.5) is 18.9 Å². The topological polar surface area (TPSA) is 70.7 Å². The van der Waals surface area contributed by atoms with Crippen molar-refractivity contribution >= 4 is 23.4 Å². The Labute approximate surface area is 153 Å². The summed E-state index contributed by atoms with van der Waals surface area (Å²) in [5.74, 6) is 0.836. The van der Waals surface area contributed by atoms with Gasteiger partial charge in [0.15, 0.2) is 0 Å². The second kappa shape index (κ2) is 7.69. The lowest BCUT2D eigenvalue weighted by atomic mass is 10.1. The lowest BCUT2D eigenvalue weighted by Gasteiger charge is -2.12. The van der Waals surface area contributed by atoms with Crippen molar-refractivity contribution in [3.63, 3.8) is 0 Å². The highest BCUT2D eigenvalue weighted by atomic mass is 32.2. The number of benzene rings is 1. The number of rotatable bonds is 5. The molecule has 3 rings (SSSR count). The number of carbonyl (C=O) groups is 1. The normalized spacial score (nSPS) is 16.6. The van der Waals surface area contributed by atoms with E-state index < -0.39 is 22.9 Å². The summed E-state index contributed by atoms with van der Waals surface area (Å²) in [6.45, 7) is 1.67. The van der Waals surface area contributed by atoms with E-state index in [0.29, 0.717) is 11.1 Å². The van der Waals surface area contributed by atoms with E-state index >= 15 is 0 Å². The van der Waals surface area contributed by atoms with Gasteiger partial charge >= 0.3 is 6.18 Å². The fourth-order valence-electron chi connectivity index (χ4n) is 2.92. The fourth-order valence-corrected chi connectivity index (χ4v) is 3.65. The van der Waals surface area contributed by atoms with Gasteiger partial charge in [0.05, 0.1) is 10.8 Å². The Morgan fingerprint density at radius 2 is 2.08 bits per heavy atom. The third-order valence-corrected chi connectivity index (χ3v) is 5.29. The van der Waals surface area contributed by atoms with Crippen LogP contribution < -0.4 is 5.32 Å². The molecule has 1 aliphatic rings. The van der Waals surface area contributed by atoms with Crippen molar-refractivity contribution in [2.45, 2.75) is 55.1 Å². The second-order valence-corrected chi connectivity index (χ2v) is 7.62. The van der Waals surface area contributed by atoms with E-state index in [-0.39, 0.29) is 5.69 Å². The minimum Gasteiger partial charge on any atom is -0.325 e. The Hall–Kier alpha value is -2.03. The van der Waals surface area contributed by atoms with Crippen molar-refractivity contribution in [2.75, 3.05) is 5.32 Å². The molecule has 26 heavy (non-hydrogen) atoms. The summed E-state index contributed by atoms with van der Waals surface area (Å²) in [7, 11) is 0. The molecular formula is C17H19F3N4OS. The highest BCUT2D eigenvalue weighted by Gasteiger charge is 2.30. The van der Waals surface area contributed by atoms with Crippen LogP contribution in [0.1, 0.15) is 49.9 Å². The average molecular weight is 384 g/mol. The SMILES string of the molecule is C[C@H](Sc1n[nH]c(C2CCCC2)n1)C(=O)Nc1cccc(C(F)(F)F)c1. The fraction of sp³-hybridized carbons (Fsp3) is 0.471. The van der Waals surface area contributed by atoms with E-state index in [1.165, 1.54) is 36.7 Å². The first kappa shape index (κ1) is 18.8. The average Bonchev–Trinajstić information content (AvgIpc) is 3.25. The van der Waals surface area contributed by atoms with Crippen LogP contribution in [0.25, 0.3) is 0 Å². The summed E-state index contributed by atoms with van der Waals surface area (Å²) in [5.41, 5.74) is -0.690. The summed E-state index contributed by atoms with van der Waals surface area (Å²) in [4.78, 5) is 16.7. The molecule has 0 bridgehead atoms. The summed E-state index contributed by atoms with van der Waals surface area (Å²) < 4.78 is 38.2. The van der Waals surface area contributed by atoms with Crippen LogP contribution in [0, 0.1) is 0 Å². The van der Waals surface area contributed by atoms with Gasteiger partial charge in [0.25, 0.3) is 0 Å². The van der Waals surface area contributed by atoms with Gasteiger partial charge in [-0.1, -0.05) is 30.7 Å². The minimum absolute atomic E-state index is 0.110. The molecule has 1 atom stereocenters. The summed E-state index contributed by atoms with van der Waals surface area (Å²) in [6, 6.07) is 4.57. The van der Waals surface area contributed by atoms with Crippen LogP contribution in [-0.4, -0.2) is 26.3 Å². The van der Waals surface area contributed by atoms with Crippen molar-refractivity contribution in [1.82, 2.24) is 15.2 Å². The Morgan fingerprint density at radius 3 is 2.77 bits per heavy atom. The maximum Gasteiger partial charge on any atom is 0.416 e. The maximum atomic E-state index is 12.7. The number of nitrogens with one attached hydrogen (secondary N) is 2. The van der Waals surface area contributed by atoms with E-state index in [1.807, 2.05) is 0 Å². The van der Waals surface area contributed by atoms with Gasteiger partial charge in [-0.25, -0.2) is 4.98 Å². The molecule has 1 fully saturated rings. The lowest BCUT2D eigenvalue weighted by Crippen LogP contribution is -2.22. The summed E-state index contributed by atoms with van der Waals surface area (Å²) >= 11 is 1.17. The number of aromatic amines is 1. The number of amides is 1. The van der Waals surface area contributed by atoms with Crippen molar-refractivity contribution in [3.8, 4) is 0 Å². The molecule has 2 aromatic rings. The van der Waals surface area contributed by atoms with Crippen LogP contribution in [0.2, 0.25) is 0 Å². The maximum absolute atomic E-state index is 12.7. The molecule has 1 saturated carbocycles. The molecule has 1 amide bonds. The lowest BCUT2D eigenvalue weighted by molar-refractivity contribution is -0.137. The van der Waals surface area contributed by atoms with Crippen molar-refractivity contribution < 1.29 is 18.0 Å². The number of halogens is 3. The number of alkyl halides is 3. The number of thioether (sulfide) groups is 1. The largest absolute Gasteiger partial charge is 0.416 e. The highest BCUT2D eigenvalue weighted by Crippen LogP contribution is 2.33. The number of hydrogen-bond acceptors (Lipinski definition) is 4. The molecule has 1 aromatic heterocycles. The standard InChI is InChI=1S/C17H19F3N4OS/c1-10(26-16-22-14(23-24-16)11-5-2-3-6-11)15(25)21-13-8-4-7-12(9-13)17(18,19)20/h4,7-11H,2-3,5-6H2,1H3,(H,21,25)(H,22,23,24)/t10-/m0/s1. The number of nitrogens with zero attached hydrogens (tertiary/aromatic N) is 2. The molecule has 0 saturated heterocycles. The zero-order valence-electron chi connectivity index (χ0n) is 14.1. The van der Waals surface area contributed by atoms with E-state index in [2.05, 4.69) is 20.5 Å². The van der Waals surface area contributed by atoms with Crippen LogP contribution >= 0.6 is 11.8 Å². The molecule has 0 unspecified atom stereocenters. The summed E-state index contributed by atoms with van der Waals surface area (Å²) in [6.07, 6.45) is 0.0970. The van der Waals surface area contributed by atoms with Gasteiger partial charge in [-0.3, -0.25) is 9.89 Å². The predicted octanol–water partition coefficient (Wildman–Crippen LogP) is 4.60. The molecular weight excluding hydrogens is 365 g/mol. The van der Waals surface area contributed by atoms with Gasteiger partial charge in [-0.05, 0) is 38.0 Å². The van der Waals surface area contributed by atoms with E-state index in [1.54, 1.807) is 6.92 Å². The summed E-state index contributed by atoms with van der Waals surface area (Å²) in [5, 5.41) is 9.50. The van der Waals surface area contributed by atoms with Gasteiger partial charge in [0.2, 0.25) is 11.1 Å². The number of carbonyl (C=O) groups excluding carboxylic acids is 1. The Kier molecular flexibility index (Phi) is 5.55. The van der Waals surface area contributed by atoms with Crippen LogP contribution in [0.15, 0.2) is 29.4 Å². The molecule has 0 aliphatic heterocycles. The first-order valence-corrected chi connectivity index (χ1v) is 9.28. The van der Waals surface area contributed by atoms with Gasteiger partial charge in [-0.15, -0.1) is 5.10 Å². The monoisotopic (exact) mass is 384 g/mol.